The van der Waals surface area contributed by atoms with Gasteiger partial charge in [-0.15, -0.1) is 0 Å². The van der Waals surface area contributed by atoms with Crippen LogP contribution in [0.1, 0.15) is 25.8 Å². The minimum Gasteiger partial charge on any atom is -0.327 e. The van der Waals surface area contributed by atoms with Crippen LogP contribution in [0.5, 0.6) is 0 Å². The summed E-state index contributed by atoms with van der Waals surface area (Å²) in [6.07, 6.45) is 4.31. The minimum atomic E-state index is -0.0332. The molecule has 1 unspecified atom stereocenters. The van der Waals surface area contributed by atoms with Crippen LogP contribution in [0.25, 0.3) is 0 Å². The highest BCUT2D eigenvalue weighted by Crippen LogP contribution is 2.06. The van der Waals surface area contributed by atoms with Gasteiger partial charge >= 0.3 is 0 Å². The molecule has 1 aromatic rings. The van der Waals surface area contributed by atoms with Gasteiger partial charge in [0, 0.05) is 31.3 Å². The van der Waals surface area contributed by atoms with E-state index in [1.54, 1.807) is 12.4 Å². The SMILES string of the molecule is CC(C)C(N)CC(=O)Cc1cccnc1. The Balaban J connectivity index is 2.43. The predicted molar refractivity (Wildman–Crippen MR) is 60.4 cm³/mol. The largest absolute Gasteiger partial charge is 0.327 e. The van der Waals surface area contributed by atoms with Crippen molar-refractivity contribution in [3.8, 4) is 0 Å². The number of carbonyl (C=O) groups excluding carboxylic acids is 1. The molecule has 2 N–H and O–H groups in total. The summed E-state index contributed by atoms with van der Waals surface area (Å²) < 4.78 is 0. The smallest absolute Gasteiger partial charge is 0.138 e. The Morgan fingerprint density at radius 3 is 2.80 bits per heavy atom. The molecule has 0 radical (unpaired) electrons. The summed E-state index contributed by atoms with van der Waals surface area (Å²) in [5, 5.41) is 0. The molecule has 1 atom stereocenters. The van der Waals surface area contributed by atoms with E-state index in [1.807, 2.05) is 26.0 Å². The van der Waals surface area contributed by atoms with Crippen molar-refractivity contribution in [3.05, 3.63) is 30.1 Å². The molecule has 0 saturated heterocycles. The monoisotopic (exact) mass is 206 g/mol. The number of rotatable bonds is 5. The Labute approximate surface area is 90.7 Å². The molecule has 15 heavy (non-hydrogen) atoms. The zero-order valence-corrected chi connectivity index (χ0v) is 9.31. The molecule has 0 aromatic carbocycles. The summed E-state index contributed by atoms with van der Waals surface area (Å²) in [4.78, 5) is 15.6. The van der Waals surface area contributed by atoms with E-state index in [1.165, 1.54) is 0 Å². The van der Waals surface area contributed by atoms with Crippen LogP contribution < -0.4 is 5.73 Å². The molecule has 3 heteroatoms. The van der Waals surface area contributed by atoms with E-state index in [4.69, 9.17) is 5.73 Å². The number of hydrogen-bond donors (Lipinski definition) is 1. The third kappa shape index (κ3) is 4.21. The minimum absolute atomic E-state index is 0.0332. The molecule has 0 fully saturated rings. The van der Waals surface area contributed by atoms with Crippen LogP contribution in [0.4, 0.5) is 0 Å². The van der Waals surface area contributed by atoms with Crippen molar-refractivity contribution in [2.75, 3.05) is 0 Å². The second kappa shape index (κ2) is 5.61. The van der Waals surface area contributed by atoms with Crippen molar-refractivity contribution in [1.29, 1.82) is 0 Å². The third-order valence-electron chi connectivity index (χ3n) is 2.44. The van der Waals surface area contributed by atoms with Crippen molar-refractivity contribution in [1.82, 2.24) is 4.98 Å². The van der Waals surface area contributed by atoms with Gasteiger partial charge in [0.2, 0.25) is 0 Å². The zero-order valence-electron chi connectivity index (χ0n) is 9.31. The fourth-order valence-electron chi connectivity index (χ4n) is 1.30. The molecule has 1 aromatic heterocycles. The van der Waals surface area contributed by atoms with Gasteiger partial charge in [-0.25, -0.2) is 0 Å². The van der Waals surface area contributed by atoms with Crippen LogP contribution in [0.2, 0.25) is 0 Å². The van der Waals surface area contributed by atoms with Crippen LogP contribution in [0, 0.1) is 5.92 Å². The van der Waals surface area contributed by atoms with Crippen molar-refractivity contribution in [2.24, 2.45) is 11.7 Å². The summed E-state index contributed by atoms with van der Waals surface area (Å²) in [6, 6.07) is 3.71. The maximum Gasteiger partial charge on any atom is 0.138 e. The summed E-state index contributed by atoms with van der Waals surface area (Å²) in [6.45, 7) is 4.06. The number of nitrogens with two attached hydrogens (primary N) is 1. The van der Waals surface area contributed by atoms with Crippen molar-refractivity contribution in [2.45, 2.75) is 32.7 Å². The molecule has 0 bridgehead atoms. The first-order valence-electron chi connectivity index (χ1n) is 5.25. The molecule has 82 valence electrons. The van der Waals surface area contributed by atoms with E-state index in [0.717, 1.165) is 5.56 Å². The highest BCUT2D eigenvalue weighted by atomic mass is 16.1. The maximum atomic E-state index is 11.6. The van der Waals surface area contributed by atoms with E-state index in [0.29, 0.717) is 18.8 Å². The molecule has 0 amide bonds. The van der Waals surface area contributed by atoms with Crippen LogP contribution >= 0.6 is 0 Å². The Morgan fingerprint density at radius 2 is 2.27 bits per heavy atom. The Bertz CT molecular complexity index is 309. The second-order valence-electron chi connectivity index (χ2n) is 4.19. The van der Waals surface area contributed by atoms with Gasteiger partial charge in [-0.3, -0.25) is 9.78 Å². The first kappa shape index (κ1) is 11.9. The lowest BCUT2D eigenvalue weighted by molar-refractivity contribution is -0.118. The average Bonchev–Trinajstić information content (AvgIpc) is 2.18. The Kier molecular flexibility index (Phi) is 4.43. The quantitative estimate of drug-likeness (QED) is 0.795. The third-order valence-corrected chi connectivity index (χ3v) is 2.44. The first-order chi connectivity index (χ1) is 7.09. The van der Waals surface area contributed by atoms with Crippen molar-refractivity contribution >= 4 is 5.78 Å². The number of Topliss-reactive ketones (excluding diaryl/α,β-unsaturated/α-hetero) is 1. The summed E-state index contributed by atoms with van der Waals surface area (Å²) in [5.41, 5.74) is 6.79. The van der Waals surface area contributed by atoms with Gasteiger partial charge in [0.05, 0.1) is 0 Å². The number of pyridine rings is 1. The van der Waals surface area contributed by atoms with E-state index in [9.17, 15) is 4.79 Å². The normalized spacial score (nSPS) is 12.8. The Morgan fingerprint density at radius 1 is 1.53 bits per heavy atom. The fourth-order valence-corrected chi connectivity index (χ4v) is 1.30. The molecular formula is C12H18N2O. The standard InChI is InChI=1S/C12H18N2O/c1-9(2)12(13)7-11(15)6-10-4-3-5-14-8-10/h3-5,8-9,12H,6-7,13H2,1-2H3. The van der Waals surface area contributed by atoms with Gasteiger partial charge in [-0.2, -0.15) is 0 Å². The molecule has 0 spiro atoms. The molecule has 1 heterocycles. The van der Waals surface area contributed by atoms with E-state index >= 15 is 0 Å². The molecule has 0 aliphatic heterocycles. The molecular weight excluding hydrogens is 188 g/mol. The topological polar surface area (TPSA) is 56.0 Å². The molecule has 1 rings (SSSR count). The Hall–Kier alpha value is -1.22. The van der Waals surface area contributed by atoms with E-state index in [2.05, 4.69) is 4.98 Å². The maximum absolute atomic E-state index is 11.6. The lowest BCUT2D eigenvalue weighted by Gasteiger charge is -2.14. The summed E-state index contributed by atoms with van der Waals surface area (Å²) in [5.74, 6) is 0.534. The molecule has 0 saturated carbocycles. The van der Waals surface area contributed by atoms with E-state index < -0.39 is 0 Å². The van der Waals surface area contributed by atoms with Gasteiger partial charge in [-0.05, 0) is 17.5 Å². The predicted octanol–water partition coefficient (Wildman–Crippen LogP) is 1.57. The summed E-state index contributed by atoms with van der Waals surface area (Å²) >= 11 is 0. The first-order valence-corrected chi connectivity index (χ1v) is 5.25. The van der Waals surface area contributed by atoms with Gasteiger partial charge < -0.3 is 5.73 Å². The molecule has 0 aliphatic carbocycles. The summed E-state index contributed by atoms with van der Waals surface area (Å²) in [7, 11) is 0. The van der Waals surface area contributed by atoms with Crippen LogP contribution in [0.3, 0.4) is 0 Å². The molecule has 3 nitrogen and oxygen atoms in total. The van der Waals surface area contributed by atoms with Crippen molar-refractivity contribution in [3.63, 3.8) is 0 Å². The number of nitrogens with zero attached hydrogens (tertiary/aromatic N) is 1. The lowest BCUT2D eigenvalue weighted by atomic mass is 9.97. The van der Waals surface area contributed by atoms with Crippen LogP contribution in [-0.4, -0.2) is 16.8 Å². The van der Waals surface area contributed by atoms with Crippen LogP contribution in [0.15, 0.2) is 24.5 Å². The van der Waals surface area contributed by atoms with Crippen LogP contribution in [-0.2, 0) is 11.2 Å². The van der Waals surface area contributed by atoms with E-state index in [-0.39, 0.29) is 11.8 Å². The van der Waals surface area contributed by atoms with Gasteiger partial charge in [0.25, 0.3) is 0 Å². The fraction of sp³-hybridized carbons (Fsp3) is 0.500. The highest BCUT2D eigenvalue weighted by molar-refractivity contribution is 5.81. The van der Waals surface area contributed by atoms with Gasteiger partial charge in [0.1, 0.15) is 5.78 Å². The number of carbonyl (C=O) groups is 1. The second-order valence-corrected chi connectivity index (χ2v) is 4.19. The van der Waals surface area contributed by atoms with Gasteiger partial charge in [-0.1, -0.05) is 19.9 Å². The number of hydrogen-bond acceptors (Lipinski definition) is 3. The highest BCUT2D eigenvalue weighted by Gasteiger charge is 2.13. The zero-order chi connectivity index (χ0) is 11.3. The average molecular weight is 206 g/mol. The van der Waals surface area contributed by atoms with Crippen molar-refractivity contribution < 1.29 is 4.79 Å². The van der Waals surface area contributed by atoms with Gasteiger partial charge in [0.15, 0.2) is 0 Å². The number of ketones is 1. The molecule has 0 aliphatic rings. The lowest BCUT2D eigenvalue weighted by Crippen LogP contribution is -2.29. The number of aromatic nitrogens is 1.